The molecular formula is C21H26N2O3. The first-order valence-corrected chi connectivity index (χ1v) is 8.59. The molecule has 0 saturated heterocycles. The third-order valence-corrected chi connectivity index (χ3v) is 4.00. The fourth-order valence-electron chi connectivity index (χ4n) is 2.69. The average molecular weight is 354 g/mol. The number of methoxy groups -OCH3 is 1. The lowest BCUT2D eigenvalue weighted by atomic mass is 9.86. The second-order valence-electron chi connectivity index (χ2n) is 7.11. The highest BCUT2D eigenvalue weighted by Gasteiger charge is 2.19. The number of carbonyl (C=O) groups is 2. The van der Waals surface area contributed by atoms with E-state index in [0.717, 1.165) is 16.8 Å². The van der Waals surface area contributed by atoms with Crippen LogP contribution in [0.15, 0.2) is 48.5 Å². The summed E-state index contributed by atoms with van der Waals surface area (Å²) in [4.78, 5) is 24.3. The summed E-state index contributed by atoms with van der Waals surface area (Å²) in [6.07, 6.45) is -0.229. The molecule has 2 aromatic carbocycles. The van der Waals surface area contributed by atoms with Gasteiger partial charge >= 0.3 is 0 Å². The zero-order valence-corrected chi connectivity index (χ0v) is 15.8. The molecule has 0 saturated carbocycles. The van der Waals surface area contributed by atoms with Gasteiger partial charge in [-0.15, -0.1) is 0 Å². The quantitative estimate of drug-likeness (QED) is 0.778. The summed E-state index contributed by atoms with van der Waals surface area (Å²) in [5, 5.41) is 5.60. The molecule has 0 aliphatic rings. The Labute approximate surface area is 154 Å². The van der Waals surface area contributed by atoms with Crippen molar-refractivity contribution in [2.75, 3.05) is 12.4 Å². The van der Waals surface area contributed by atoms with Crippen LogP contribution in [0.1, 0.15) is 38.3 Å². The molecule has 5 nitrogen and oxygen atoms in total. The van der Waals surface area contributed by atoms with Crippen molar-refractivity contribution < 1.29 is 14.3 Å². The molecule has 0 heterocycles. The van der Waals surface area contributed by atoms with Gasteiger partial charge in [-0.3, -0.25) is 9.59 Å². The van der Waals surface area contributed by atoms with Crippen molar-refractivity contribution >= 4 is 17.5 Å². The molecule has 0 aromatic heterocycles. The Morgan fingerprint density at radius 2 is 1.62 bits per heavy atom. The van der Waals surface area contributed by atoms with Gasteiger partial charge in [-0.25, -0.2) is 0 Å². The second kappa shape index (κ2) is 8.52. The van der Waals surface area contributed by atoms with E-state index in [1.54, 1.807) is 7.11 Å². The molecule has 0 aliphatic carbocycles. The Bertz CT molecular complexity index is 779. The summed E-state index contributed by atoms with van der Waals surface area (Å²) in [6, 6.07) is 15.1. The van der Waals surface area contributed by atoms with Gasteiger partial charge in [0.1, 0.15) is 12.2 Å². The summed E-state index contributed by atoms with van der Waals surface area (Å²) >= 11 is 0. The summed E-state index contributed by atoms with van der Waals surface area (Å²) in [5.74, 6) is 0.0391. The van der Waals surface area contributed by atoms with E-state index in [0.29, 0.717) is 12.3 Å². The molecule has 5 heteroatoms. The molecule has 0 radical (unpaired) electrons. The van der Waals surface area contributed by atoms with Crippen molar-refractivity contribution in [3.63, 3.8) is 0 Å². The highest BCUT2D eigenvalue weighted by molar-refractivity contribution is 6.03. The highest BCUT2D eigenvalue weighted by atomic mass is 16.5. The van der Waals surface area contributed by atoms with Gasteiger partial charge < -0.3 is 15.4 Å². The number of benzene rings is 2. The Morgan fingerprint density at radius 1 is 0.962 bits per heavy atom. The first kappa shape index (κ1) is 19.5. The Kier molecular flexibility index (Phi) is 6.39. The van der Waals surface area contributed by atoms with Crippen LogP contribution in [-0.2, 0) is 21.5 Å². The minimum Gasteiger partial charge on any atom is -0.496 e. The maximum Gasteiger partial charge on any atom is 0.233 e. The molecular weight excluding hydrogens is 328 g/mol. The maximum atomic E-state index is 12.2. The zero-order chi connectivity index (χ0) is 19.2. The van der Waals surface area contributed by atoms with Crippen LogP contribution in [0.5, 0.6) is 5.75 Å². The van der Waals surface area contributed by atoms with Crippen molar-refractivity contribution in [1.82, 2.24) is 5.32 Å². The van der Waals surface area contributed by atoms with Crippen molar-refractivity contribution in [2.24, 2.45) is 0 Å². The lowest BCUT2D eigenvalue weighted by Gasteiger charge is -2.23. The van der Waals surface area contributed by atoms with Crippen LogP contribution in [0, 0.1) is 0 Å². The first-order valence-electron chi connectivity index (χ1n) is 8.59. The fraction of sp³-hybridized carbons (Fsp3) is 0.333. The largest absolute Gasteiger partial charge is 0.496 e. The molecule has 0 spiro atoms. The van der Waals surface area contributed by atoms with Gasteiger partial charge in [0.05, 0.1) is 7.11 Å². The van der Waals surface area contributed by atoms with Gasteiger partial charge in [-0.05, 0) is 23.1 Å². The van der Waals surface area contributed by atoms with E-state index in [4.69, 9.17) is 4.74 Å². The molecule has 2 rings (SSSR count). The van der Waals surface area contributed by atoms with Crippen molar-refractivity contribution in [3.8, 4) is 5.75 Å². The smallest absolute Gasteiger partial charge is 0.233 e. The molecule has 0 unspecified atom stereocenters. The molecule has 0 fully saturated rings. The Morgan fingerprint density at radius 3 is 2.31 bits per heavy atom. The molecule has 138 valence electrons. The van der Waals surface area contributed by atoms with Crippen LogP contribution >= 0.6 is 0 Å². The summed E-state index contributed by atoms with van der Waals surface area (Å²) in [7, 11) is 1.58. The number of rotatable bonds is 6. The number of anilines is 1. The molecule has 0 atom stereocenters. The molecule has 2 amide bonds. The fourth-order valence-corrected chi connectivity index (χ4v) is 2.69. The summed E-state index contributed by atoms with van der Waals surface area (Å²) in [5.41, 5.74) is 2.53. The first-order chi connectivity index (χ1) is 12.3. The van der Waals surface area contributed by atoms with Crippen LogP contribution in [0.4, 0.5) is 5.69 Å². The van der Waals surface area contributed by atoms with E-state index in [2.05, 4.69) is 31.4 Å². The highest BCUT2D eigenvalue weighted by Crippen LogP contribution is 2.29. The van der Waals surface area contributed by atoms with Gasteiger partial charge in [0.25, 0.3) is 0 Å². The van der Waals surface area contributed by atoms with Gasteiger partial charge in [0, 0.05) is 17.8 Å². The third-order valence-electron chi connectivity index (χ3n) is 4.00. The van der Waals surface area contributed by atoms with E-state index in [1.807, 2.05) is 48.5 Å². The Balaban J connectivity index is 1.93. The monoisotopic (exact) mass is 354 g/mol. The van der Waals surface area contributed by atoms with Gasteiger partial charge in [0.2, 0.25) is 11.8 Å². The number of carbonyl (C=O) groups excluding carboxylic acids is 2. The van der Waals surface area contributed by atoms with Crippen LogP contribution in [-0.4, -0.2) is 18.9 Å². The van der Waals surface area contributed by atoms with Crippen LogP contribution in [0.2, 0.25) is 0 Å². The lowest BCUT2D eigenvalue weighted by molar-refractivity contribution is -0.126. The number of nitrogens with one attached hydrogen (secondary N) is 2. The predicted octanol–water partition coefficient (Wildman–Crippen LogP) is 3.64. The predicted molar refractivity (Wildman–Crippen MR) is 103 cm³/mol. The zero-order valence-electron chi connectivity index (χ0n) is 15.8. The second-order valence-corrected chi connectivity index (χ2v) is 7.11. The van der Waals surface area contributed by atoms with E-state index >= 15 is 0 Å². The molecule has 26 heavy (non-hydrogen) atoms. The van der Waals surface area contributed by atoms with Crippen molar-refractivity contribution in [2.45, 2.75) is 39.2 Å². The van der Waals surface area contributed by atoms with E-state index in [1.165, 1.54) is 0 Å². The van der Waals surface area contributed by atoms with Crippen LogP contribution in [0.25, 0.3) is 0 Å². The number of hydrogen-bond acceptors (Lipinski definition) is 3. The minimum absolute atomic E-state index is 0.101. The van der Waals surface area contributed by atoms with Gasteiger partial charge in [-0.2, -0.15) is 0 Å². The molecule has 0 aliphatic heterocycles. The number of ether oxygens (including phenoxy) is 1. The summed E-state index contributed by atoms with van der Waals surface area (Å²) < 4.78 is 5.25. The third kappa shape index (κ3) is 5.34. The molecule has 2 aromatic rings. The number of para-hydroxylation sites is 2. The van der Waals surface area contributed by atoms with Crippen LogP contribution in [0.3, 0.4) is 0 Å². The van der Waals surface area contributed by atoms with E-state index in [-0.39, 0.29) is 23.7 Å². The molecule has 0 bridgehead atoms. The average Bonchev–Trinajstić information content (AvgIpc) is 2.59. The topological polar surface area (TPSA) is 67.4 Å². The van der Waals surface area contributed by atoms with Gasteiger partial charge in [0.15, 0.2) is 0 Å². The van der Waals surface area contributed by atoms with Crippen molar-refractivity contribution in [3.05, 3.63) is 59.7 Å². The maximum absolute atomic E-state index is 12.2. The normalized spacial score (nSPS) is 10.9. The molecule has 2 N–H and O–H groups in total. The Hall–Kier alpha value is -2.82. The number of hydrogen-bond donors (Lipinski definition) is 2. The van der Waals surface area contributed by atoms with E-state index < -0.39 is 0 Å². The SMILES string of the molecule is COc1ccccc1CNC(=O)CC(=O)Nc1ccccc1C(C)(C)C. The number of amides is 2. The van der Waals surface area contributed by atoms with Gasteiger partial charge in [-0.1, -0.05) is 57.2 Å². The standard InChI is InChI=1S/C21H26N2O3/c1-21(2,3)16-10-6-7-11-17(16)23-20(25)13-19(24)22-14-15-9-5-8-12-18(15)26-4/h5-12H,13-14H2,1-4H3,(H,22,24)(H,23,25). The van der Waals surface area contributed by atoms with Crippen molar-refractivity contribution in [1.29, 1.82) is 0 Å². The summed E-state index contributed by atoms with van der Waals surface area (Å²) in [6.45, 7) is 6.56. The lowest BCUT2D eigenvalue weighted by Crippen LogP contribution is -2.28. The van der Waals surface area contributed by atoms with Crippen LogP contribution < -0.4 is 15.4 Å². The minimum atomic E-state index is -0.334. The van der Waals surface area contributed by atoms with E-state index in [9.17, 15) is 9.59 Å².